The highest BCUT2D eigenvalue weighted by Gasteiger charge is 2.08. The van der Waals surface area contributed by atoms with Crippen LogP contribution in [0, 0.1) is 0 Å². The van der Waals surface area contributed by atoms with E-state index < -0.39 is 0 Å². The van der Waals surface area contributed by atoms with Gasteiger partial charge in [-0.2, -0.15) is 0 Å². The molecule has 0 aliphatic carbocycles. The number of amides is 2. The first-order chi connectivity index (χ1) is 9.06. The molecule has 0 unspecified atom stereocenters. The van der Waals surface area contributed by atoms with Crippen LogP contribution in [0.5, 0.6) is 0 Å². The molecule has 0 saturated carbocycles. The summed E-state index contributed by atoms with van der Waals surface area (Å²) in [6.07, 6.45) is 0.977. The highest BCUT2D eigenvalue weighted by Crippen LogP contribution is 2.08. The number of nitrogen functional groups attached to an aromatic ring is 1. The SMILES string of the molecule is CCNC(=O)CCNC(=O)c1cc(N)nc(CC)c1. The Bertz CT molecular complexity index is 460. The molecule has 2 amide bonds. The van der Waals surface area contributed by atoms with Gasteiger partial charge in [0.15, 0.2) is 0 Å². The first-order valence-electron chi connectivity index (χ1n) is 6.38. The average Bonchev–Trinajstić information content (AvgIpc) is 2.38. The molecule has 0 aliphatic rings. The van der Waals surface area contributed by atoms with Crippen LogP contribution in [-0.2, 0) is 11.2 Å². The van der Waals surface area contributed by atoms with Gasteiger partial charge in [-0.25, -0.2) is 4.98 Å². The number of hydrogen-bond acceptors (Lipinski definition) is 4. The number of aryl methyl sites for hydroxylation is 1. The highest BCUT2D eigenvalue weighted by molar-refractivity contribution is 5.95. The lowest BCUT2D eigenvalue weighted by Gasteiger charge is -2.07. The van der Waals surface area contributed by atoms with Crippen molar-refractivity contribution in [1.82, 2.24) is 15.6 Å². The fourth-order valence-electron chi connectivity index (χ4n) is 1.60. The number of rotatable bonds is 6. The molecule has 0 fully saturated rings. The topological polar surface area (TPSA) is 97.1 Å². The van der Waals surface area contributed by atoms with Gasteiger partial charge in [0.25, 0.3) is 5.91 Å². The van der Waals surface area contributed by atoms with E-state index in [2.05, 4.69) is 15.6 Å². The van der Waals surface area contributed by atoms with Crippen molar-refractivity contribution >= 4 is 17.6 Å². The Balaban J connectivity index is 2.54. The fraction of sp³-hybridized carbons (Fsp3) is 0.462. The number of carbonyl (C=O) groups excluding carboxylic acids is 2. The lowest BCUT2D eigenvalue weighted by atomic mass is 10.2. The van der Waals surface area contributed by atoms with Crippen LogP contribution in [0.15, 0.2) is 12.1 Å². The molecule has 1 aromatic rings. The van der Waals surface area contributed by atoms with E-state index in [-0.39, 0.29) is 18.2 Å². The smallest absolute Gasteiger partial charge is 0.251 e. The molecule has 1 aromatic heterocycles. The molecular formula is C13H20N4O2. The van der Waals surface area contributed by atoms with E-state index in [4.69, 9.17) is 5.73 Å². The zero-order chi connectivity index (χ0) is 14.3. The van der Waals surface area contributed by atoms with Gasteiger partial charge < -0.3 is 16.4 Å². The van der Waals surface area contributed by atoms with Crippen molar-refractivity contribution < 1.29 is 9.59 Å². The largest absolute Gasteiger partial charge is 0.384 e. The van der Waals surface area contributed by atoms with E-state index in [1.54, 1.807) is 6.07 Å². The first kappa shape index (κ1) is 14.9. The van der Waals surface area contributed by atoms with Crippen molar-refractivity contribution in [3.05, 3.63) is 23.4 Å². The van der Waals surface area contributed by atoms with Crippen LogP contribution in [0.4, 0.5) is 5.82 Å². The molecule has 6 nitrogen and oxygen atoms in total. The number of aromatic nitrogens is 1. The van der Waals surface area contributed by atoms with Crippen LogP contribution in [0.1, 0.15) is 36.3 Å². The predicted octanol–water partition coefficient (Wildman–Crippen LogP) is 0.482. The van der Waals surface area contributed by atoms with E-state index >= 15 is 0 Å². The fourth-order valence-corrected chi connectivity index (χ4v) is 1.60. The summed E-state index contributed by atoms with van der Waals surface area (Å²) < 4.78 is 0. The number of hydrogen-bond donors (Lipinski definition) is 3. The number of nitrogens with one attached hydrogen (secondary N) is 2. The Morgan fingerprint density at radius 2 is 2.00 bits per heavy atom. The van der Waals surface area contributed by atoms with Gasteiger partial charge in [-0.05, 0) is 25.5 Å². The average molecular weight is 264 g/mol. The standard InChI is InChI=1S/C13H20N4O2/c1-3-10-7-9(8-11(14)17-10)13(19)16-6-5-12(18)15-4-2/h7-8H,3-6H2,1-2H3,(H2,14,17)(H,15,18)(H,16,19). The van der Waals surface area contributed by atoms with Gasteiger partial charge in [-0.1, -0.05) is 6.92 Å². The van der Waals surface area contributed by atoms with Gasteiger partial charge in [0.1, 0.15) is 5.82 Å². The van der Waals surface area contributed by atoms with Crippen LogP contribution < -0.4 is 16.4 Å². The predicted molar refractivity (Wildman–Crippen MR) is 73.7 cm³/mol. The Labute approximate surface area is 112 Å². The van der Waals surface area contributed by atoms with Crippen LogP contribution >= 0.6 is 0 Å². The monoisotopic (exact) mass is 264 g/mol. The minimum atomic E-state index is -0.243. The van der Waals surface area contributed by atoms with Crippen molar-refractivity contribution in [2.45, 2.75) is 26.7 Å². The molecule has 0 aromatic carbocycles. The molecule has 104 valence electrons. The van der Waals surface area contributed by atoms with Crippen molar-refractivity contribution in [1.29, 1.82) is 0 Å². The number of pyridine rings is 1. The second-order valence-corrected chi connectivity index (χ2v) is 4.08. The van der Waals surface area contributed by atoms with Gasteiger partial charge in [-0.15, -0.1) is 0 Å². The minimum absolute atomic E-state index is 0.0775. The number of nitrogens with two attached hydrogens (primary N) is 1. The van der Waals surface area contributed by atoms with E-state index in [1.165, 1.54) is 6.07 Å². The molecule has 6 heteroatoms. The Morgan fingerprint density at radius 1 is 1.26 bits per heavy atom. The zero-order valence-corrected chi connectivity index (χ0v) is 11.3. The quantitative estimate of drug-likeness (QED) is 0.696. The van der Waals surface area contributed by atoms with Crippen molar-refractivity contribution in [3.63, 3.8) is 0 Å². The molecule has 19 heavy (non-hydrogen) atoms. The number of anilines is 1. The molecule has 0 bridgehead atoms. The molecule has 0 radical (unpaired) electrons. The third kappa shape index (κ3) is 4.95. The van der Waals surface area contributed by atoms with E-state index in [1.807, 2.05) is 13.8 Å². The molecule has 0 atom stereocenters. The maximum Gasteiger partial charge on any atom is 0.251 e. The molecule has 4 N–H and O–H groups in total. The molecule has 1 rings (SSSR count). The summed E-state index contributed by atoms with van der Waals surface area (Å²) in [7, 11) is 0. The van der Waals surface area contributed by atoms with Crippen LogP contribution in [0.3, 0.4) is 0 Å². The van der Waals surface area contributed by atoms with Gasteiger partial charge in [0.05, 0.1) is 0 Å². The molecule has 0 spiro atoms. The maximum atomic E-state index is 11.9. The number of carbonyl (C=O) groups is 2. The zero-order valence-electron chi connectivity index (χ0n) is 11.3. The summed E-state index contributed by atoms with van der Waals surface area (Å²) in [6, 6.07) is 3.23. The van der Waals surface area contributed by atoms with Gasteiger partial charge in [0.2, 0.25) is 5.91 Å². The third-order valence-corrected chi connectivity index (χ3v) is 2.53. The van der Waals surface area contributed by atoms with Crippen LogP contribution in [0.25, 0.3) is 0 Å². The summed E-state index contributed by atoms with van der Waals surface area (Å²) in [5.74, 6) is 0.00705. The summed E-state index contributed by atoms with van der Waals surface area (Å²) in [5.41, 5.74) is 6.88. The van der Waals surface area contributed by atoms with Gasteiger partial charge >= 0.3 is 0 Å². The van der Waals surface area contributed by atoms with E-state index in [0.29, 0.717) is 30.9 Å². The Morgan fingerprint density at radius 3 is 2.63 bits per heavy atom. The first-order valence-corrected chi connectivity index (χ1v) is 6.38. The highest BCUT2D eigenvalue weighted by atomic mass is 16.2. The summed E-state index contributed by atoms with van der Waals surface area (Å²) >= 11 is 0. The van der Waals surface area contributed by atoms with E-state index in [9.17, 15) is 9.59 Å². The van der Waals surface area contributed by atoms with Gasteiger partial charge in [0, 0.05) is 30.8 Å². The van der Waals surface area contributed by atoms with Crippen molar-refractivity contribution in [2.75, 3.05) is 18.8 Å². The molecule has 1 heterocycles. The Hall–Kier alpha value is -2.11. The minimum Gasteiger partial charge on any atom is -0.384 e. The van der Waals surface area contributed by atoms with Crippen molar-refractivity contribution in [2.24, 2.45) is 0 Å². The molecular weight excluding hydrogens is 244 g/mol. The Kier molecular flexibility index (Phi) is 5.78. The molecule has 0 aliphatic heterocycles. The second-order valence-electron chi connectivity index (χ2n) is 4.08. The summed E-state index contributed by atoms with van der Waals surface area (Å²) in [4.78, 5) is 27.2. The maximum absolute atomic E-state index is 11.9. The van der Waals surface area contributed by atoms with Crippen LogP contribution in [-0.4, -0.2) is 29.9 Å². The lowest BCUT2D eigenvalue weighted by molar-refractivity contribution is -0.120. The normalized spacial score (nSPS) is 10.0. The van der Waals surface area contributed by atoms with E-state index in [0.717, 1.165) is 5.69 Å². The number of nitrogens with zero attached hydrogens (tertiary/aromatic N) is 1. The summed E-state index contributed by atoms with van der Waals surface area (Å²) in [5, 5.41) is 5.35. The summed E-state index contributed by atoms with van der Waals surface area (Å²) in [6.45, 7) is 4.68. The van der Waals surface area contributed by atoms with Crippen LogP contribution in [0.2, 0.25) is 0 Å². The second kappa shape index (κ2) is 7.35. The van der Waals surface area contributed by atoms with Crippen molar-refractivity contribution in [3.8, 4) is 0 Å². The third-order valence-electron chi connectivity index (χ3n) is 2.53. The molecule has 0 saturated heterocycles. The van der Waals surface area contributed by atoms with Gasteiger partial charge in [-0.3, -0.25) is 9.59 Å². The lowest BCUT2D eigenvalue weighted by Crippen LogP contribution is -2.30.